The Kier molecular flexibility index (Phi) is 4.26. The van der Waals surface area contributed by atoms with E-state index in [-0.39, 0.29) is 12.3 Å². The van der Waals surface area contributed by atoms with E-state index in [2.05, 4.69) is 4.90 Å². The first-order valence-corrected chi connectivity index (χ1v) is 9.10. The van der Waals surface area contributed by atoms with Crippen molar-refractivity contribution < 1.29 is 24.2 Å². The van der Waals surface area contributed by atoms with E-state index in [1.54, 1.807) is 11.9 Å². The molecule has 0 unspecified atom stereocenters. The van der Waals surface area contributed by atoms with Crippen LogP contribution in [0.15, 0.2) is 18.2 Å². The number of fused-ring (bicyclic) bond motifs is 1. The van der Waals surface area contributed by atoms with Gasteiger partial charge in [0, 0.05) is 33.1 Å². The summed E-state index contributed by atoms with van der Waals surface area (Å²) < 4.78 is 11.2. The summed E-state index contributed by atoms with van der Waals surface area (Å²) in [5.41, 5.74) is 0.613. The Balaban J connectivity index is 1.44. The number of rotatable bonds is 3. The van der Waals surface area contributed by atoms with Crippen molar-refractivity contribution in [3.63, 3.8) is 0 Å². The van der Waals surface area contributed by atoms with Crippen LogP contribution in [0.2, 0.25) is 0 Å². The first-order chi connectivity index (χ1) is 12.5. The molecule has 1 N–H and O–H groups in total. The minimum absolute atomic E-state index is 0.0577. The van der Waals surface area contributed by atoms with Gasteiger partial charge in [0.1, 0.15) is 13.2 Å². The third kappa shape index (κ3) is 2.80. The van der Waals surface area contributed by atoms with Gasteiger partial charge in [-0.15, -0.1) is 0 Å². The van der Waals surface area contributed by atoms with Gasteiger partial charge in [0.05, 0.1) is 11.5 Å². The normalized spacial score (nSPS) is 24.9. The molecule has 0 radical (unpaired) electrons. The van der Waals surface area contributed by atoms with Gasteiger partial charge in [-0.25, -0.2) is 0 Å². The average molecular weight is 360 g/mol. The number of amides is 1. The van der Waals surface area contributed by atoms with E-state index < -0.39 is 17.4 Å². The molecule has 1 atom stereocenters. The second-order valence-electron chi connectivity index (χ2n) is 7.41. The summed E-state index contributed by atoms with van der Waals surface area (Å²) in [6, 6.07) is 6.01. The number of likely N-dealkylation sites (tertiary alicyclic amines) is 2. The lowest BCUT2D eigenvalue weighted by atomic mass is 9.77. The van der Waals surface area contributed by atoms with Crippen molar-refractivity contribution in [3.8, 4) is 11.5 Å². The van der Waals surface area contributed by atoms with Crippen LogP contribution in [0.3, 0.4) is 0 Å². The molecule has 26 heavy (non-hydrogen) atoms. The average Bonchev–Trinajstić information content (AvgIpc) is 2.89. The van der Waals surface area contributed by atoms with Crippen LogP contribution < -0.4 is 9.47 Å². The van der Waals surface area contributed by atoms with Gasteiger partial charge >= 0.3 is 5.97 Å². The van der Waals surface area contributed by atoms with E-state index in [9.17, 15) is 14.7 Å². The van der Waals surface area contributed by atoms with Crippen LogP contribution >= 0.6 is 0 Å². The van der Waals surface area contributed by atoms with Crippen molar-refractivity contribution in [2.24, 2.45) is 5.92 Å². The molecule has 1 amide bonds. The van der Waals surface area contributed by atoms with Crippen molar-refractivity contribution in [2.45, 2.75) is 31.3 Å². The molecule has 0 bridgehead atoms. The van der Waals surface area contributed by atoms with Crippen LogP contribution in [0.5, 0.6) is 11.5 Å². The Morgan fingerprint density at radius 2 is 1.92 bits per heavy atom. The van der Waals surface area contributed by atoms with Crippen LogP contribution in [0, 0.1) is 5.92 Å². The predicted octanol–water partition coefficient (Wildman–Crippen LogP) is 1.36. The van der Waals surface area contributed by atoms with Gasteiger partial charge in [-0.3, -0.25) is 14.5 Å². The van der Waals surface area contributed by atoms with Crippen molar-refractivity contribution in [1.82, 2.24) is 9.80 Å². The highest BCUT2D eigenvalue weighted by atomic mass is 16.6. The largest absolute Gasteiger partial charge is 0.486 e. The monoisotopic (exact) mass is 360 g/mol. The third-order valence-corrected chi connectivity index (χ3v) is 6.10. The lowest BCUT2D eigenvalue weighted by molar-refractivity contribution is -0.146. The lowest BCUT2D eigenvalue weighted by Gasteiger charge is -2.45. The maximum atomic E-state index is 12.1. The maximum absolute atomic E-state index is 12.1. The fourth-order valence-corrected chi connectivity index (χ4v) is 4.53. The Bertz CT molecular complexity index is 727. The molecule has 2 saturated heterocycles. The van der Waals surface area contributed by atoms with Gasteiger partial charge in [-0.05, 0) is 30.5 Å². The molecule has 3 aliphatic heterocycles. The van der Waals surface area contributed by atoms with Crippen LogP contribution in [0.4, 0.5) is 0 Å². The van der Waals surface area contributed by atoms with E-state index in [4.69, 9.17) is 9.47 Å². The van der Waals surface area contributed by atoms with E-state index in [1.165, 1.54) is 0 Å². The zero-order chi connectivity index (χ0) is 18.3. The fraction of sp³-hybridized carbons (Fsp3) is 0.579. The highest BCUT2D eigenvalue weighted by Crippen LogP contribution is 2.43. The van der Waals surface area contributed by atoms with Crippen molar-refractivity contribution in [1.29, 1.82) is 0 Å². The van der Waals surface area contributed by atoms with Gasteiger partial charge in [0.25, 0.3) is 0 Å². The molecular weight excluding hydrogens is 336 g/mol. The highest BCUT2D eigenvalue weighted by Gasteiger charge is 2.55. The smallest absolute Gasteiger partial charge is 0.309 e. The quantitative estimate of drug-likeness (QED) is 0.877. The fourth-order valence-electron chi connectivity index (χ4n) is 4.53. The van der Waals surface area contributed by atoms with Crippen molar-refractivity contribution >= 4 is 11.9 Å². The zero-order valence-electron chi connectivity index (χ0n) is 14.9. The topological polar surface area (TPSA) is 79.3 Å². The minimum atomic E-state index is -0.858. The van der Waals surface area contributed by atoms with Crippen LogP contribution in [-0.2, 0) is 16.1 Å². The predicted molar refractivity (Wildman–Crippen MR) is 93.2 cm³/mol. The number of carbonyl (C=O) groups excluding carboxylic acids is 1. The van der Waals surface area contributed by atoms with Crippen molar-refractivity contribution in [2.75, 3.05) is 33.4 Å². The number of carboxylic acid groups (broad SMARTS) is 1. The molecule has 0 saturated carbocycles. The Hall–Kier alpha value is -2.28. The van der Waals surface area contributed by atoms with E-state index >= 15 is 0 Å². The van der Waals surface area contributed by atoms with Gasteiger partial charge in [-0.2, -0.15) is 0 Å². The van der Waals surface area contributed by atoms with Gasteiger partial charge in [0.2, 0.25) is 5.91 Å². The highest BCUT2D eigenvalue weighted by molar-refractivity contribution is 5.88. The van der Waals surface area contributed by atoms with Crippen LogP contribution in [-0.4, -0.2) is 65.7 Å². The molecule has 3 aliphatic rings. The maximum Gasteiger partial charge on any atom is 0.309 e. The molecule has 0 aromatic heterocycles. The number of nitrogens with zero attached hydrogens (tertiary/aromatic N) is 2. The first kappa shape index (κ1) is 17.1. The summed E-state index contributed by atoms with van der Waals surface area (Å²) in [4.78, 5) is 27.8. The van der Waals surface area contributed by atoms with Crippen molar-refractivity contribution in [3.05, 3.63) is 23.8 Å². The summed E-state index contributed by atoms with van der Waals surface area (Å²) >= 11 is 0. The molecule has 4 rings (SSSR count). The Morgan fingerprint density at radius 3 is 2.62 bits per heavy atom. The number of carbonyl (C=O) groups is 2. The number of benzene rings is 1. The molecule has 1 aromatic rings. The molecule has 140 valence electrons. The van der Waals surface area contributed by atoms with Gasteiger partial charge in [0.15, 0.2) is 11.5 Å². The van der Waals surface area contributed by atoms with Gasteiger partial charge in [-0.1, -0.05) is 6.07 Å². The molecule has 0 aliphatic carbocycles. The number of piperidine rings is 1. The Morgan fingerprint density at radius 1 is 1.23 bits per heavy atom. The number of hydrogen-bond donors (Lipinski definition) is 1. The molecule has 2 fully saturated rings. The SMILES string of the molecule is CN1C(=O)C[C@H](C(=O)O)C12CCN(Cc1ccc3c(c1)OCCO3)CC2. The molecule has 1 spiro atoms. The molecule has 7 heteroatoms. The molecule has 3 heterocycles. The third-order valence-electron chi connectivity index (χ3n) is 6.10. The molecular formula is C19H24N2O5. The minimum Gasteiger partial charge on any atom is -0.486 e. The second-order valence-corrected chi connectivity index (χ2v) is 7.41. The van der Waals surface area contributed by atoms with E-state index in [1.807, 2.05) is 18.2 Å². The summed E-state index contributed by atoms with van der Waals surface area (Å²) in [5, 5.41) is 9.56. The number of carboxylic acids is 1. The summed E-state index contributed by atoms with van der Waals surface area (Å²) in [6.45, 7) is 3.48. The Labute approximate surface area is 152 Å². The second kappa shape index (κ2) is 6.46. The summed E-state index contributed by atoms with van der Waals surface area (Å²) in [7, 11) is 1.75. The lowest BCUT2D eigenvalue weighted by Crippen LogP contribution is -2.55. The molecule has 7 nitrogen and oxygen atoms in total. The van der Waals surface area contributed by atoms with E-state index in [0.717, 1.165) is 36.7 Å². The standard InChI is InChI=1S/C19H24N2O5/c1-20-17(22)11-14(18(23)24)19(20)4-6-21(7-5-19)12-13-2-3-15-16(10-13)26-9-8-25-15/h2-3,10,14H,4-9,11-12H2,1H3,(H,23,24)/t14-/m1/s1. The first-order valence-electron chi connectivity index (χ1n) is 9.10. The summed E-state index contributed by atoms with van der Waals surface area (Å²) in [5.74, 6) is 0.0550. The van der Waals surface area contributed by atoms with Gasteiger partial charge < -0.3 is 19.5 Å². The molecule has 1 aromatic carbocycles. The summed E-state index contributed by atoms with van der Waals surface area (Å²) in [6.07, 6.45) is 1.50. The van der Waals surface area contributed by atoms with Crippen LogP contribution in [0.25, 0.3) is 0 Å². The van der Waals surface area contributed by atoms with E-state index in [0.29, 0.717) is 26.1 Å². The number of aliphatic carboxylic acids is 1. The number of hydrogen-bond acceptors (Lipinski definition) is 5. The van der Waals surface area contributed by atoms with Crippen LogP contribution in [0.1, 0.15) is 24.8 Å². The zero-order valence-corrected chi connectivity index (χ0v) is 14.9. The number of ether oxygens (including phenoxy) is 2.